The molecule has 0 radical (unpaired) electrons. The van der Waals surface area contributed by atoms with Gasteiger partial charge in [0.1, 0.15) is 11.6 Å². The van der Waals surface area contributed by atoms with Crippen molar-refractivity contribution in [2.45, 2.75) is 38.8 Å². The van der Waals surface area contributed by atoms with Gasteiger partial charge in [-0.05, 0) is 50.6 Å². The minimum absolute atomic E-state index is 0.198. The fourth-order valence-corrected chi connectivity index (χ4v) is 2.89. The van der Waals surface area contributed by atoms with Gasteiger partial charge in [0, 0.05) is 24.7 Å². The topological polar surface area (TPSA) is 24.5 Å². The second-order valence-electron chi connectivity index (χ2n) is 5.48. The van der Waals surface area contributed by atoms with Crippen molar-refractivity contribution < 1.29 is 9.13 Å². The van der Waals surface area contributed by atoms with Gasteiger partial charge in [0.2, 0.25) is 0 Å². The number of benzene rings is 1. The zero-order valence-electron chi connectivity index (χ0n) is 12.5. The summed E-state index contributed by atoms with van der Waals surface area (Å²) in [6.45, 7) is 6.09. The zero-order chi connectivity index (χ0) is 14.4. The molecule has 0 saturated carbocycles. The Kier molecular flexibility index (Phi) is 5.80. The zero-order valence-corrected chi connectivity index (χ0v) is 12.5. The lowest BCUT2D eigenvalue weighted by Crippen LogP contribution is -2.37. The largest absolute Gasteiger partial charge is 0.496 e. The molecule has 20 heavy (non-hydrogen) atoms. The maximum absolute atomic E-state index is 13.4. The molecule has 2 rings (SSSR count). The summed E-state index contributed by atoms with van der Waals surface area (Å²) in [6.07, 6.45) is 3.60. The van der Waals surface area contributed by atoms with Crippen LogP contribution < -0.4 is 10.1 Å². The van der Waals surface area contributed by atoms with Crippen molar-refractivity contribution in [3.05, 3.63) is 29.6 Å². The molecule has 3 nitrogen and oxygen atoms in total. The molecule has 112 valence electrons. The van der Waals surface area contributed by atoms with Gasteiger partial charge in [0.05, 0.1) is 7.11 Å². The lowest BCUT2D eigenvalue weighted by molar-refractivity contribution is 0.238. The van der Waals surface area contributed by atoms with Gasteiger partial charge in [-0.3, -0.25) is 4.90 Å². The van der Waals surface area contributed by atoms with Gasteiger partial charge in [-0.15, -0.1) is 0 Å². The van der Waals surface area contributed by atoms with Crippen molar-refractivity contribution >= 4 is 0 Å². The number of methoxy groups -OCH3 is 1. The van der Waals surface area contributed by atoms with Crippen LogP contribution in [0, 0.1) is 5.82 Å². The predicted octanol–water partition coefficient (Wildman–Crippen LogP) is 2.80. The summed E-state index contributed by atoms with van der Waals surface area (Å²) in [7, 11) is 1.64. The van der Waals surface area contributed by atoms with Crippen LogP contribution in [0.5, 0.6) is 5.75 Å². The Morgan fingerprint density at radius 3 is 2.95 bits per heavy atom. The molecule has 0 amide bonds. The van der Waals surface area contributed by atoms with Crippen LogP contribution >= 0.6 is 0 Å². The van der Waals surface area contributed by atoms with Crippen molar-refractivity contribution in [2.24, 2.45) is 0 Å². The fraction of sp³-hybridized carbons (Fsp3) is 0.625. The molecule has 1 aromatic carbocycles. The van der Waals surface area contributed by atoms with E-state index in [9.17, 15) is 4.39 Å². The molecule has 0 spiro atoms. The van der Waals surface area contributed by atoms with Crippen LogP contribution in [0.2, 0.25) is 0 Å². The number of rotatable bonds is 7. The molecule has 1 aliphatic rings. The highest BCUT2D eigenvalue weighted by Gasteiger charge is 2.18. The molecule has 1 N–H and O–H groups in total. The number of hydrogen-bond acceptors (Lipinski definition) is 3. The standard InChI is InChI=1S/C16H25FN2O/c1-3-9-19(12-15-5-4-8-18-15)11-13-10-14(17)6-7-16(13)20-2/h6-7,10,15,18H,3-5,8-9,11-12H2,1-2H3. The third kappa shape index (κ3) is 4.18. The van der Waals surface area contributed by atoms with Crippen molar-refractivity contribution in [1.82, 2.24) is 10.2 Å². The molecular weight excluding hydrogens is 255 g/mol. The highest BCUT2D eigenvalue weighted by atomic mass is 19.1. The van der Waals surface area contributed by atoms with E-state index in [1.807, 2.05) is 0 Å². The van der Waals surface area contributed by atoms with Crippen molar-refractivity contribution in [3.8, 4) is 5.75 Å². The Morgan fingerprint density at radius 2 is 2.30 bits per heavy atom. The molecule has 1 fully saturated rings. The number of nitrogens with one attached hydrogen (secondary N) is 1. The van der Waals surface area contributed by atoms with E-state index in [1.165, 1.54) is 18.9 Å². The van der Waals surface area contributed by atoms with E-state index in [1.54, 1.807) is 19.2 Å². The van der Waals surface area contributed by atoms with Crippen LogP contribution in [-0.4, -0.2) is 37.7 Å². The van der Waals surface area contributed by atoms with Crippen LogP contribution in [0.25, 0.3) is 0 Å². The molecule has 1 aliphatic heterocycles. The van der Waals surface area contributed by atoms with E-state index < -0.39 is 0 Å². The SMILES string of the molecule is CCCN(Cc1cc(F)ccc1OC)CC1CCCN1. The summed E-state index contributed by atoms with van der Waals surface area (Å²) in [5.41, 5.74) is 0.930. The fourth-order valence-electron chi connectivity index (χ4n) is 2.89. The van der Waals surface area contributed by atoms with Crippen molar-refractivity contribution in [3.63, 3.8) is 0 Å². The molecule has 1 saturated heterocycles. The maximum Gasteiger partial charge on any atom is 0.123 e. The Hall–Kier alpha value is -1.13. The first-order valence-corrected chi connectivity index (χ1v) is 7.51. The summed E-state index contributed by atoms with van der Waals surface area (Å²) in [5, 5.41) is 3.52. The molecule has 1 heterocycles. The quantitative estimate of drug-likeness (QED) is 0.831. The monoisotopic (exact) mass is 280 g/mol. The highest BCUT2D eigenvalue weighted by molar-refractivity contribution is 5.33. The molecule has 0 aliphatic carbocycles. The van der Waals surface area contributed by atoms with Gasteiger partial charge in [-0.25, -0.2) is 4.39 Å². The van der Waals surface area contributed by atoms with Gasteiger partial charge in [0.15, 0.2) is 0 Å². The molecular formula is C16H25FN2O. The number of ether oxygens (including phenoxy) is 1. The Labute approximate surface area is 121 Å². The van der Waals surface area contributed by atoms with Crippen molar-refractivity contribution in [2.75, 3.05) is 26.7 Å². The number of hydrogen-bond donors (Lipinski definition) is 1. The molecule has 4 heteroatoms. The van der Waals surface area contributed by atoms with Crippen LogP contribution in [-0.2, 0) is 6.54 Å². The maximum atomic E-state index is 13.4. The Balaban J connectivity index is 2.04. The first-order chi connectivity index (χ1) is 9.72. The summed E-state index contributed by atoms with van der Waals surface area (Å²) in [5.74, 6) is 0.572. The first kappa shape index (κ1) is 15.3. The van der Waals surface area contributed by atoms with Crippen LogP contribution in [0.15, 0.2) is 18.2 Å². The average molecular weight is 280 g/mol. The lowest BCUT2D eigenvalue weighted by atomic mass is 10.1. The van der Waals surface area contributed by atoms with Gasteiger partial charge < -0.3 is 10.1 Å². The summed E-state index contributed by atoms with van der Waals surface area (Å²) in [6, 6.07) is 5.32. The molecule has 0 aromatic heterocycles. The highest BCUT2D eigenvalue weighted by Crippen LogP contribution is 2.21. The molecule has 1 unspecified atom stereocenters. The predicted molar refractivity (Wildman–Crippen MR) is 79.5 cm³/mol. The van der Waals surface area contributed by atoms with Gasteiger partial charge >= 0.3 is 0 Å². The minimum atomic E-state index is -0.198. The third-order valence-electron chi connectivity index (χ3n) is 3.82. The van der Waals surface area contributed by atoms with Crippen LogP contribution in [0.1, 0.15) is 31.7 Å². The first-order valence-electron chi connectivity index (χ1n) is 7.51. The van der Waals surface area contributed by atoms with E-state index in [0.29, 0.717) is 6.04 Å². The Morgan fingerprint density at radius 1 is 1.45 bits per heavy atom. The smallest absolute Gasteiger partial charge is 0.123 e. The summed E-state index contributed by atoms with van der Waals surface area (Å²) >= 11 is 0. The van der Waals surface area contributed by atoms with E-state index >= 15 is 0 Å². The van der Waals surface area contributed by atoms with E-state index in [4.69, 9.17) is 4.74 Å². The van der Waals surface area contributed by atoms with Crippen LogP contribution in [0.4, 0.5) is 4.39 Å². The van der Waals surface area contributed by atoms with Gasteiger partial charge in [-0.1, -0.05) is 6.92 Å². The molecule has 1 aromatic rings. The van der Waals surface area contributed by atoms with Crippen LogP contribution in [0.3, 0.4) is 0 Å². The number of nitrogens with zero attached hydrogens (tertiary/aromatic N) is 1. The third-order valence-corrected chi connectivity index (χ3v) is 3.82. The summed E-state index contributed by atoms with van der Waals surface area (Å²) in [4.78, 5) is 2.39. The second kappa shape index (κ2) is 7.60. The minimum Gasteiger partial charge on any atom is -0.496 e. The van der Waals surface area contributed by atoms with E-state index in [-0.39, 0.29) is 5.82 Å². The molecule has 0 bridgehead atoms. The lowest BCUT2D eigenvalue weighted by Gasteiger charge is -2.26. The average Bonchev–Trinajstić information content (AvgIpc) is 2.92. The van der Waals surface area contributed by atoms with E-state index in [0.717, 1.165) is 43.9 Å². The van der Waals surface area contributed by atoms with E-state index in [2.05, 4.69) is 17.1 Å². The normalized spacial score (nSPS) is 18.7. The van der Waals surface area contributed by atoms with Gasteiger partial charge in [-0.2, -0.15) is 0 Å². The van der Waals surface area contributed by atoms with Gasteiger partial charge in [0.25, 0.3) is 0 Å². The summed E-state index contributed by atoms with van der Waals surface area (Å²) < 4.78 is 18.8. The Bertz CT molecular complexity index is 419. The second-order valence-corrected chi connectivity index (χ2v) is 5.48. The van der Waals surface area contributed by atoms with Crippen molar-refractivity contribution in [1.29, 1.82) is 0 Å². The number of halogens is 1. The molecule has 1 atom stereocenters.